The Morgan fingerprint density at radius 2 is 1.74 bits per heavy atom. The Bertz CT molecular complexity index is 1340. The van der Waals surface area contributed by atoms with E-state index in [2.05, 4.69) is 10.6 Å². The monoisotopic (exact) mass is 631 g/mol. The van der Waals surface area contributed by atoms with Gasteiger partial charge in [0.2, 0.25) is 27.8 Å². The van der Waals surface area contributed by atoms with Crippen LogP contribution in [0.15, 0.2) is 18.2 Å². The molecule has 4 fully saturated rings. The van der Waals surface area contributed by atoms with Gasteiger partial charge < -0.3 is 15.5 Å². The first kappa shape index (κ1) is 28.7. The third-order valence-electron chi connectivity index (χ3n) is 9.41. The summed E-state index contributed by atoms with van der Waals surface area (Å²) in [6.07, 6.45) is 3.55. The molecule has 1 atom stereocenters. The lowest BCUT2D eigenvalue weighted by molar-refractivity contribution is -0.135. The van der Waals surface area contributed by atoms with E-state index in [1.165, 1.54) is 10.6 Å². The van der Waals surface area contributed by atoms with Crippen LogP contribution in [0.25, 0.3) is 0 Å². The number of nitrogens with one attached hydrogen (secondary N) is 2. The van der Waals surface area contributed by atoms with Crippen LogP contribution in [0.4, 0.5) is 14.5 Å². The normalized spacial score (nSPS) is 25.9. The summed E-state index contributed by atoms with van der Waals surface area (Å²) in [5, 5.41) is 6.48. The highest BCUT2D eigenvalue weighted by Crippen LogP contribution is 2.63. The van der Waals surface area contributed by atoms with Crippen LogP contribution >= 0.6 is 11.6 Å². The van der Waals surface area contributed by atoms with Crippen molar-refractivity contribution in [3.8, 4) is 0 Å². The summed E-state index contributed by atoms with van der Waals surface area (Å²) < 4.78 is 70.2. The molecule has 1 aromatic carbocycles. The van der Waals surface area contributed by atoms with Gasteiger partial charge in [-0.2, -0.15) is 0 Å². The van der Waals surface area contributed by atoms with E-state index in [9.17, 15) is 26.8 Å². The number of hydrogen-bond donors (Lipinski definition) is 2. The second-order valence-electron chi connectivity index (χ2n) is 12.3. The summed E-state index contributed by atoms with van der Waals surface area (Å²) in [4.78, 5) is 28.8. The maximum Gasteiger partial charge on any atom is 0.248 e. The van der Waals surface area contributed by atoms with Crippen molar-refractivity contribution in [2.75, 3.05) is 63.9 Å². The Labute approximate surface area is 255 Å². The molecule has 1 aromatic rings. The molecule has 234 valence electrons. The van der Waals surface area contributed by atoms with Crippen LogP contribution in [0, 0.1) is 17.3 Å². The van der Waals surface area contributed by atoms with E-state index in [0.29, 0.717) is 81.1 Å². The average Bonchev–Trinajstić information content (AvgIpc) is 3.70. The summed E-state index contributed by atoms with van der Waals surface area (Å²) >= 11 is 6.29. The van der Waals surface area contributed by atoms with Gasteiger partial charge in [-0.25, -0.2) is 21.5 Å². The molecule has 1 spiro atoms. The summed E-state index contributed by atoms with van der Waals surface area (Å²) in [5.41, 5.74) is 0.672. The largest absolute Gasteiger partial charge is 0.385 e. The van der Waals surface area contributed by atoms with Gasteiger partial charge in [-0.3, -0.25) is 14.5 Å². The topological polar surface area (TPSA) is 102 Å². The molecule has 2 N–H and O–H groups in total. The van der Waals surface area contributed by atoms with Crippen LogP contribution in [0.2, 0.25) is 5.02 Å². The van der Waals surface area contributed by atoms with Gasteiger partial charge in [-0.05, 0) is 67.2 Å². The first-order valence-electron chi connectivity index (χ1n) is 15.8. The van der Waals surface area contributed by atoms with E-state index in [4.69, 9.17) is 14.3 Å². The highest BCUT2D eigenvalue weighted by Gasteiger charge is 2.60. The first-order valence-corrected chi connectivity index (χ1v) is 17.0. The summed E-state index contributed by atoms with van der Waals surface area (Å²) in [6, 6.07) is 5.07. The quantitative estimate of drug-likeness (QED) is 0.433. The lowest BCUT2D eigenvalue weighted by Crippen LogP contribution is -2.51. The van der Waals surface area contributed by atoms with Gasteiger partial charge in [0.25, 0.3) is 0 Å². The van der Waals surface area contributed by atoms with Crippen LogP contribution in [-0.4, -0.2) is 98.9 Å². The number of alkyl halides is 2. The molecule has 0 bridgehead atoms. The lowest BCUT2D eigenvalue weighted by atomic mass is 9.82. The SMILES string of the molecule is [2H]C([2H])(c1cc(Cl)ccc1NCC1CCN(S(C)(=O)=O)CC1)N1CCN(C(=O)CNC(=O)C2CC23CCC(F)(F)CC3)CC1. The molecule has 0 aromatic heterocycles. The number of benzene rings is 1. The fourth-order valence-electron chi connectivity index (χ4n) is 6.48. The van der Waals surface area contributed by atoms with E-state index >= 15 is 0 Å². The van der Waals surface area contributed by atoms with Gasteiger partial charge in [-0.1, -0.05) is 11.6 Å². The smallest absolute Gasteiger partial charge is 0.248 e. The fraction of sp³-hybridized carbons (Fsp3) is 0.724. The molecule has 1 unspecified atom stereocenters. The van der Waals surface area contributed by atoms with Crippen molar-refractivity contribution in [2.45, 2.75) is 57.4 Å². The zero-order chi connectivity index (χ0) is 31.9. The number of anilines is 1. The third-order valence-corrected chi connectivity index (χ3v) is 11.0. The molecular weight excluding hydrogens is 588 g/mol. The molecule has 42 heavy (non-hydrogen) atoms. The van der Waals surface area contributed by atoms with Crippen LogP contribution < -0.4 is 10.6 Å². The molecule has 2 aliphatic heterocycles. The van der Waals surface area contributed by atoms with Crippen molar-refractivity contribution in [3.63, 3.8) is 0 Å². The van der Waals surface area contributed by atoms with E-state index in [1.54, 1.807) is 28.0 Å². The minimum Gasteiger partial charge on any atom is -0.385 e. The maximum atomic E-state index is 13.5. The number of sulfonamides is 1. The molecule has 2 saturated heterocycles. The van der Waals surface area contributed by atoms with Gasteiger partial charge in [0, 0.05) is 84.5 Å². The molecule has 2 saturated carbocycles. The minimum atomic E-state index is -3.21. The number of piperazine rings is 1. The van der Waals surface area contributed by atoms with Crippen molar-refractivity contribution in [3.05, 3.63) is 28.8 Å². The summed E-state index contributed by atoms with van der Waals surface area (Å²) in [5.74, 6) is -3.21. The van der Waals surface area contributed by atoms with Crippen LogP contribution in [0.3, 0.4) is 0 Å². The number of nitrogens with zero attached hydrogens (tertiary/aromatic N) is 3. The third kappa shape index (κ3) is 7.73. The molecule has 2 amide bonds. The van der Waals surface area contributed by atoms with E-state index in [0.717, 1.165) is 0 Å². The van der Waals surface area contributed by atoms with Crippen molar-refractivity contribution in [2.24, 2.45) is 17.3 Å². The molecule has 2 heterocycles. The number of piperidine rings is 1. The molecule has 2 aliphatic carbocycles. The Kier molecular flexibility index (Phi) is 8.57. The maximum absolute atomic E-state index is 13.5. The Balaban J connectivity index is 1.10. The Morgan fingerprint density at radius 1 is 1.07 bits per heavy atom. The summed E-state index contributed by atoms with van der Waals surface area (Å²) in [7, 11) is -3.21. The Hall–Kier alpha value is -2.02. The molecule has 5 rings (SSSR count). The zero-order valence-corrected chi connectivity index (χ0v) is 25.6. The zero-order valence-electron chi connectivity index (χ0n) is 26.0. The number of carbonyl (C=O) groups is 2. The van der Waals surface area contributed by atoms with E-state index in [-0.39, 0.29) is 61.5 Å². The van der Waals surface area contributed by atoms with Crippen LogP contribution in [0.5, 0.6) is 0 Å². The van der Waals surface area contributed by atoms with E-state index < -0.39 is 22.4 Å². The highest BCUT2D eigenvalue weighted by atomic mass is 35.5. The molecule has 4 aliphatic rings. The first-order chi connectivity index (χ1) is 20.6. The van der Waals surface area contributed by atoms with Crippen molar-refractivity contribution < 1.29 is 29.5 Å². The fourth-order valence-corrected chi connectivity index (χ4v) is 7.53. The van der Waals surface area contributed by atoms with Crippen molar-refractivity contribution >= 4 is 39.1 Å². The van der Waals surface area contributed by atoms with E-state index in [1.807, 2.05) is 0 Å². The molecule has 0 radical (unpaired) electrons. The van der Waals surface area contributed by atoms with Crippen molar-refractivity contribution in [1.29, 1.82) is 0 Å². The van der Waals surface area contributed by atoms with Gasteiger partial charge >= 0.3 is 0 Å². The summed E-state index contributed by atoms with van der Waals surface area (Å²) in [6.45, 7) is 0.602. The molecular formula is C29H42ClF2N5O4S. The standard InChI is InChI=1S/C29H42ClF2N5O4S/c1-42(40,41)37-10-4-21(5-11-37)18-33-25-3-2-23(30)16-22(25)20-35-12-14-36(15-13-35)26(38)19-34-27(39)24-17-28(24)6-8-29(31,32)9-7-28/h2-3,16,21,24,33H,4-15,17-20H2,1H3,(H,34,39)/i20D2. The minimum absolute atomic E-state index is 0.167. The molecule has 13 heteroatoms. The van der Waals surface area contributed by atoms with Crippen LogP contribution in [-0.2, 0) is 26.1 Å². The van der Waals surface area contributed by atoms with Gasteiger partial charge in [-0.15, -0.1) is 0 Å². The predicted octanol–water partition coefficient (Wildman–Crippen LogP) is 3.40. The number of halogens is 3. The van der Waals surface area contributed by atoms with Crippen molar-refractivity contribution in [1.82, 2.24) is 19.4 Å². The Morgan fingerprint density at radius 3 is 2.38 bits per heavy atom. The predicted molar refractivity (Wildman–Crippen MR) is 158 cm³/mol. The number of carbonyl (C=O) groups excluding carboxylic acids is 2. The second kappa shape index (κ2) is 12.5. The van der Waals surface area contributed by atoms with Crippen LogP contribution in [0.1, 0.15) is 53.3 Å². The van der Waals surface area contributed by atoms with Gasteiger partial charge in [0.1, 0.15) is 0 Å². The van der Waals surface area contributed by atoms with Gasteiger partial charge in [0.15, 0.2) is 0 Å². The number of rotatable bonds is 9. The lowest BCUT2D eigenvalue weighted by Gasteiger charge is -2.35. The molecule has 9 nitrogen and oxygen atoms in total. The highest BCUT2D eigenvalue weighted by molar-refractivity contribution is 7.88. The average molecular weight is 632 g/mol. The number of amides is 2. The van der Waals surface area contributed by atoms with Gasteiger partial charge in [0.05, 0.1) is 12.8 Å². The number of hydrogen-bond acceptors (Lipinski definition) is 6. The second-order valence-corrected chi connectivity index (χ2v) is 14.8.